The standard InChI is InChI=1S/C15H14N2OS/c16-8-13-6-12(9-18)7-14(15(13)17)19-10-11-4-2-1-3-5-11/h1-9,16H,10,17H2. The van der Waals surface area contributed by atoms with Gasteiger partial charge in [-0.15, -0.1) is 11.8 Å². The molecule has 2 rings (SSSR count). The third kappa shape index (κ3) is 3.23. The molecule has 0 saturated heterocycles. The Labute approximate surface area is 116 Å². The van der Waals surface area contributed by atoms with Crippen LogP contribution in [0.25, 0.3) is 0 Å². The van der Waals surface area contributed by atoms with E-state index in [1.54, 1.807) is 23.9 Å². The smallest absolute Gasteiger partial charge is 0.150 e. The van der Waals surface area contributed by atoms with Gasteiger partial charge >= 0.3 is 0 Å². The summed E-state index contributed by atoms with van der Waals surface area (Å²) in [6.45, 7) is 0. The van der Waals surface area contributed by atoms with E-state index < -0.39 is 0 Å². The maximum atomic E-state index is 10.9. The van der Waals surface area contributed by atoms with Crippen LogP contribution in [0, 0.1) is 5.41 Å². The number of anilines is 1. The number of carbonyl (C=O) groups excluding carboxylic acids is 1. The fraction of sp³-hybridized carbons (Fsp3) is 0.0667. The summed E-state index contributed by atoms with van der Waals surface area (Å²) >= 11 is 1.57. The van der Waals surface area contributed by atoms with E-state index in [9.17, 15) is 4.79 Å². The lowest BCUT2D eigenvalue weighted by molar-refractivity contribution is 0.112. The van der Waals surface area contributed by atoms with E-state index in [2.05, 4.69) is 0 Å². The van der Waals surface area contributed by atoms with Crippen molar-refractivity contribution in [3.8, 4) is 0 Å². The third-order valence-corrected chi connectivity index (χ3v) is 3.85. The van der Waals surface area contributed by atoms with Crippen molar-refractivity contribution in [2.45, 2.75) is 10.6 Å². The van der Waals surface area contributed by atoms with Gasteiger partial charge in [0.2, 0.25) is 0 Å². The largest absolute Gasteiger partial charge is 0.397 e. The maximum absolute atomic E-state index is 10.9. The Balaban J connectivity index is 2.24. The predicted octanol–water partition coefficient (Wildman–Crippen LogP) is 3.37. The Kier molecular flexibility index (Phi) is 4.36. The van der Waals surface area contributed by atoms with Gasteiger partial charge in [0.25, 0.3) is 0 Å². The van der Waals surface area contributed by atoms with Crippen LogP contribution < -0.4 is 5.73 Å². The highest BCUT2D eigenvalue weighted by Gasteiger charge is 2.07. The minimum Gasteiger partial charge on any atom is -0.397 e. The number of rotatable bonds is 5. The lowest BCUT2D eigenvalue weighted by atomic mass is 10.1. The molecule has 0 aliphatic heterocycles. The molecule has 0 aliphatic carbocycles. The Hall–Kier alpha value is -2.07. The summed E-state index contributed by atoms with van der Waals surface area (Å²) in [5.74, 6) is 0.783. The first-order valence-electron chi connectivity index (χ1n) is 5.80. The van der Waals surface area contributed by atoms with Gasteiger partial charge in [-0.05, 0) is 17.7 Å². The number of aldehydes is 1. The minimum atomic E-state index is 0.545. The molecule has 2 aromatic rings. The fourth-order valence-electron chi connectivity index (χ4n) is 1.71. The summed E-state index contributed by atoms with van der Waals surface area (Å²) in [7, 11) is 0. The van der Waals surface area contributed by atoms with Crippen molar-refractivity contribution in [3.63, 3.8) is 0 Å². The average Bonchev–Trinajstić information content (AvgIpc) is 2.47. The van der Waals surface area contributed by atoms with Gasteiger partial charge in [0, 0.05) is 28.0 Å². The highest BCUT2D eigenvalue weighted by atomic mass is 32.2. The molecule has 4 heteroatoms. The number of hydrogen-bond donors (Lipinski definition) is 2. The van der Waals surface area contributed by atoms with Crippen molar-refractivity contribution < 1.29 is 4.79 Å². The molecule has 19 heavy (non-hydrogen) atoms. The Bertz CT molecular complexity index is 597. The molecule has 0 unspecified atom stereocenters. The number of hydrogen-bond acceptors (Lipinski definition) is 4. The van der Waals surface area contributed by atoms with Crippen molar-refractivity contribution >= 4 is 30.0 Å². The Morgan fingerprint density at radius 1 is 1.21 bits per heavy atom. The first kappa shape index (κ1) is 13.4. The van der Waals surface area contributed by atoms with Crippen LogP contribution in [0.3, 0.4) is 0 Å². The van der Waals surface area contributed by atoms with Gasteiger partial charge in [-0.3, -0.25) is 4.79 Å². The lowest BCUT2D eigenvalue weighted by Crippen LogP contribution is -1.98. The van der Waals surface area contributed by atoms with Crippen LogP contribution in [-0.4, -0.2) is 12.5 Å². The zero-order chi connectivity index (χ0) is 13.7. The van der Waals surface area contributed by atoms with Gasteiger partial charge < -0.3 is 11.1 Å². The Morgan fingerprint density at radius 3 is 2.58 bits per heavy atom. The molecule has 0 bridgehead atoms. The second kappa shape index (κ2) is 6.20. The second-order valence-electron chi connectivity index (χ2n) is 4.06. The maximum Gasteiger partial charge on any atom is 0.150 e. The molecule has 96 valence electrons. The summed E-state index contributed by atoms with van der Waals surface area (Å²) in [6, 6.07) is 13.4. The molecule has 3 nitrogen and oxygen atoms in total. The van der Waals surface area contributed by atoms with Crippen LogP contribution in [0.15, 0.2) is 47.4 Å². The van der Waals surface area contributed by atoms with Crippen molar-refractivity contribution in [3.05, 3.63) is 59.2 Å². The molecular weight excluding hydrogens is 256 g/mol. The summed E-state index contributed by atoms with van der Waals surface area (Å²) in [4.78, 5) is 11.7. The monoisotopic (exact) mass is 270 g/mol. The molecule has 0 fully saturated rings. The lowest BCUT2D eigenvalue weighted by Gasteiger charge is -2.09. The van der Waals surface area contributed by atoms with Crippen LogP contribution >= 0.6 is 11.8 Å². The first-order chi connectivity index (χ1) is 9.24. The van der Waals surface area contributed by atoms with E-state index in [4.69, 9.17) is 11.1 Å². The second-order valence-corrected chi connectivity index (χ2v) is 5.08. The molecule has 0 aromatic heterocycles. The minimum absolute atomic E-state index is 0.545. The summed E-state index contributed by atoms with van der Waals surface area (Å²) < 4.78 is 0. The van der Waals surface area contributed by atoms with Gasteiger partial charge in [-0.25, -0.2) is 0 Å². The van der Waals surface area contributed by atoms with Gasteiger partial charge in [0.15, 0.2) is 0 Å². The van der Waals surface area contributed by atoms with E-state index in [1.165, 1.54) is 11.8 Å². The fourth-order valence-corrected chi connectivity index (χ4v) is 2.72. The van der Waals surface area contributed by atoms with Gasteiger partial charge in [0.05, 0.1) is 5.69 Å². The average molecular weight is 270 g/mol. The molecule has 0 amide bonds. The molecule has 0 spiro atoms. The normalized spacial score (nSPS) is 10.1. The van der Waals surface area contributed by atoms with E-state index in [-0.39, 0.29) is 0 Å². The summed E-state index contributed by atoms with van der Waals surface area (Å²) in [5.41, 5.74) is 8.87. The first-order valence-corrected chi connectivity index (χ1v) is 6.79. The van der Waals surface area contributed by atoms with Crippen LogP contribution in [0.2, 0.25) is 0 Å². The van der Waals surface area contributed by atoms with Crippen molar-refractivity contribution in [2.24, 2.45) is 0 Å². The van der Waals surface area contributed by atoms with E-state index in [1.807, 2.05) is 30.3 Å². The zero-order valence-corrected chi connectivity index (χ0v) is 11.1. The number of benzene rings is 2. The van der Waals surface area contributed by atoms with Crippen molar-refractivity contribution in [1.29, 1.82) is 5.41 Å². The zero-order valence-electron chi connectivity index (χ0n) is 10.3. The van der Waals surface area contributed by atoms with Gasteiger partial charge in [0.1, 0.15) is 6.29 Å². The van der Waals surface area contributed by atoms with E-state index in [0.717, 1.165) is 16.9 Å². The van der Waals surface area contributed by atoms with Gasteiger partial charge in [-0.1, -0.05) is 30.3 Å². The molecule has 0 radical (unpaired) electrons. The summed E-state index contributed by atoms with van der Waals surface area (Å²) in [6.07, 6.45) is 1.95. The number of nitrogens with one attached hydrogen (secondary N) is 1. The third-order valence-electron chi connectivity index (χ3n) is 2.73. The number of nitrogen functional groups attached to an aromatic ring is 1. The molecule has 0 aliphatic rings. The van der Waals surface area contributed by atoms with E-state index in [0.29, 0.717) is 16.8 Å². The van der Waals surface area contributed by atoms with Crippen molar-refractivity contribution in [2.75, 3.05) is 5.73 Å². The quantitative estimate of drug-likeness (QED) is 0.379. The van der Waals surface area contributed by atoms with Crippen LogP contribution in [0.5, 0.6) is 0 Å². The van der Waals surface area contributed by atoms with Crippen molar-refractivity contribution in [1.82, 2.24) is 0 Å². The molecule has 0 saturated carbocycles. The molecular formula is C15H14N2OS. The van der Waals surface area contributed by atoms with E-state index >= 15 is 0 Å². The number of nitrogens with two attached hydrogens (primary N) is 1. The predicted molar refractivity (Wildman–Crippen MR) is 80.1 cm³/mol. The molecule has 0 atom stereocenters. The Morgan fingerprint density at radius 2 is 1.95 bits per heavy atom. The highest BCUT2D eigenvalue weighted by molar-refractivity contribution is 7.98. The van der Waals surface area contributed by atoms with Crippen LogP contribution in [0.1, 0.15) is 21.5 Å². The molecule has 3 N–H and O–H groups in total. The summed E-state index contributed by atoms with van der Waals surface area (Å²) in [5, 5.41) is 7.32. The number of thioether (sulfide) groups is 1. The highest BCUT2D eigenvalue weighted by Crippen LogP contribution is 2.31. The molecule has 2 aromatic carbocycles. The topological polar surface area (TPSA) is 66.9 Å². The van der Waals surface area contributed by atoms with Crippen LogP contribution in [0.4, 0.5) is 5.69 Å². The SMILES string of the molecule is N=Cc1cc(C=O)cc(SCc2ccccc2)c1N. The van der Waals surface area contributed by atoms with Gasteiger partial charge in [-0.2, -0.15) is 0 Å². The van der Waals surface area contributed by atoms with Crippen LogP contribution in [-0.2, 0) is 5.75 Å². The number of carbonyl (C=O) groups is 1. The molecule has 0 heterocycles.